The van der Waals surface area contributed by atoms with E-state index in [9.17, 15) is 9.18 Å². The van der Waals surface area contributed by atoms with Crippen LogP contribution in [0.15, 0.2) is 22.7 Å². The number of carbonyl (C=O) groups excluding carboxylic acids is 1. The molecular weight excluding hydrogens is 327 g/mol. The molecule has 3 rings (SSSR count). The van der Waals surface area contributed by atoms with Gasteiger partial charge in [0, 0.05) is 18.6 Å². The summed E-state index contributed by atoms with van der Waals surface area (Å²) in [6.45, 7) is 0.700. The molecule has 2 fully saturated rings. The molecule has 1 amide bonds. The quantitative estimate of drug-likeness (QED) is 0.861. The topological polar surface area (TPSA) is 64.3 Å². The zero-order chi connectivity index (χ0) is 14.3. The monoisotopic (exact) mass is 342 g/mol. The number of ether oxygens (including phenoxy) is 1. The van der Waals surface area contributed by atoms with Crippen molar-refractivity contribution in [3.63, 3.8) is 0 Å². The van der Waals surface area contributed by atoms with E-state index in [0.29, 0.717) is 12.5 Å². The average molecular weight is 343 g/mol. The lowest BCUT2D eigenvalue weighted by atomic mass is 9.68. The predicted molar refractivity (Wildman–Crippen MR) is 75.8 cm³/mol. The molecule has 1 saturated heterocycles. The van der Waals surface area contributed by atoms with Gasteiger partial charge < -0.3 is 15.8 Å². The number of nitrogens with two attached hydrogens (primary N) is 1. The highest BCUT2D eigenvalue weighted by Gasteiger charge is 2.51. The standard InChI is InChI=1S/C14H16BrFN2O2/c15-9-5-1-3-7(10(9)16)14(19)18-12-11(17)8-4-2-6-20-13(8)12/h1,3,5,8,11-13H,2,4,6,17H2,(H,18,19). The molecule has 1 saturated carbocycles. The Morgan fingerprint density at radius 1 is 1.50 bits per heavy atom. The second-order valence-electron chi connectivity index (χ2n) is 5.32. The van der Waals surface area contributed by atoms with Gasteiger partial charge in [0.15, 0.2) is 0 Å². The van der Waals surface area contributed by atoms with Crippen LogP contribution in [-0.4, -0.2) is 30.7 Å². The third-order valence-electron chi connectivity index (χ3n) is 4.17. The Balaban J connectivity index is 1.72. The van der Waals surface area contributed by atoms with Gasteiger partial charge in [0.1, 0.15) is 5.82 Å². The lowest BCUT2D eigenvalue weighted by Crippen LogP contribution is -2.72. The van der Waals surface area contributed by atoms with Crippen molar-refractivity contribution in [3.05, 3.63) is 34.1 Å². The average Bonchev–Trinajstić information content (AvgIpc) is 2.47. The summed E-state index contributed by atoms with van der Waals surface area (Å²) in [5.41, 5.74) is 6.09. The van der Waals surface area contributed by atoms with Crippen molar-refractivity contribution >= 4 is 21.8 Å². The van der Waals surface area contributed by atoms with Crippen LogP contribution in [0.2, 0.25) is 0 Å². The van der Waals surface area contributed by atoms with Gasteiger partial charge in [0.2, 0.25) is 0 Å². The number of benzene rings is 1. The van der Waals surface area contributed by atoms with Gasteiger partial charge in [-0.3, -0.25) is 4.79 Å². The van der Waals surface area contributed by atoms with Crippen molar-refractivity contribution in [2.75, 3.05) is 6.61 Å². The maximum atomic E-state index is 13.9. The van der Waals surface area contributed by atoms with Crippen molar-refractivity contribution in [1.29, 1.82) is 0 Å². The fraction of sp³-hybridized carbons (Fsp3) is 0.500. The summed E-state index contributed by atoms with van der Waals surface area (Å²) in [6.07, 6.45) is 2.01. The molecule has 0 bridgehead atoms. The van der Waals surface area contributed by atoms with Crippen LogP contribution in [0, 0.1) is 11.7 Å². The van der Waals surface area contributed by atoms with Crippen LogP contribution in [0.3, 0.4) is 0 Å². The maximum absolute atomic E-state index is 13.9. The summed E-state index contributed by atoms with van der Waals surface area (Å²) in [5, 5.41) is 2.80. The Hall–Kier alpha value is -0.980. The van der Waals surface area contributed by atoms with Crippen LogP contribution in [0.25, 0.3) is 0 Å². The Labute approximate surface area is 125 Å². The van der Waals surface area contributed by atoms with Crippen LogP contribution in [0.4, 0.5) is 4.39 Å². The number of amides is 1. The first-order valence-electron chi connectivity index (χ1n) is 6.71. The summed E-state index contributed by atoms with van der Waals surface area (Å²) in [6, 6.07) is 4.30. The molecular formula is C14H16BrFN2O2. The van der Waals surface area contributed by atoms with Crippen LogP contribution >= 0.6 is 15.9 Å². The minimum atomic E-state index is -0.556. The number of hydrogen-bond donors (Lipinski definition) is 2. The lowest BCUT2D eigenvalue weighted by Gasteiger charge is -2.52. The third kappa shape index (κ3) is 2.25. The van der Waals surface area contributed by atoms with E-state index in [2.05, 4.69) is 21.2 Å². The molecule has 0 radical (unpaired) electrons. The highest BCUT2D eigenvalue weighted by Crippen LogP contribution is 2.37. The fourth-order valence-corrected chi connectivity index (χ4v) is 3.40. The van der Waals surface area contributed by atoms with Crippen LogP contribution in [-0.2, 0) is 4.74 Å². The number of hydrogen-bond acceptors (Lipinski definition) is 3. The van der Waals surface area contributed by atoms with Crippen LogP contribution < -0.4 is 11.1 Å². The molecule has 6 heteroatoms. The van der Waals surface area contributed by atoms with Crippen molar-refractivity contribution in [3.8, 4) is 0 Å². The molecule has 1 heterocycles. The molecule has 108 valence electrons. The minimum absolute atomic E-state index is 0.0193. The number of fused-ring (bicyclic) bond motifs is 1. The highest BCUT2D eigenvalue weighted by molar-refractivity contribution is 9.10. The molecule has 4 nitrogen and oxygen atoms in total. The second kappa shape index (κ2) is 5.42. The molecule has 4 atom stereocenters. The van der Waals surface area contributed by atoms with Gasteiger partial charge in [-0.1, -0.05) is 6.07 Å². The van der Waals surface area contributed by atoms with Gasteiger partial charge in [-0.15, -0.1) is 0 Å². The molecule has 1 aliphatic carbocycles. The molecule has 4 unspecified atom stereocenters. The van der Waals surface area contributed by atoms with Crippen molar-refractivity contribution in [2.45, 2.75) is 31.0 Å². The summed E-state index contributed by atoms with van der Waals surface area (Å²) in [4.78, 5) is 12.2. The number of nitrogens with one attached hydrogen (secondary N) is 1. The van der Waals surface area contributed by atoms with Crippen LogP contribution in [0.5, 0.6) is 0 Å². The fourth-order valence-electron chi connectivity index (χ4n) is 3.03. The Morgan fingerprint density at radius 3 is 3.10 bits per heavy atom. The number of rotatable bonds is 2. The van der Waals surface area contributed by atoms with Gasteiger partial charge in [0.05, 0.1) is 22.2 Å². The van der Waals surface area contributed by atoms with E-state index in [1.54, 1.807) is 12.1 Å². The normalized spacial score (nSPS) is 32.1. The molecule has 0 aromatic heterocycles. The van der Waals surface area contributed by atoms with Gasteiger partial charge in [-0.2, -0.15) is 0 Å². The molecule has 3 N–H and O–H groups in total. The number of carbonyl (C=O) groups is 1. The second-order valence-corrected chi connectivity index (χ2v) is 6.17. The van der Waals surface area contributed by atoms with Gasteiger partial charge in [-0.25, -0.2) is 4.39 Å². The third-order valence-corrected chi connectivity index (χ3v) is 4.78. The lowest BCUT2D eigenvalue weighted by molar-refractivity contribution is -0.117. The van der Waals surface area contributed by atoms with Crippen molar-refractivity contribution in [2.24, 2.45) is 11.7 Å². The first kappa shape index (κ1) is 14.0. The van der Waals surface area contributed by atoms with Crippen molar-refractivity contribution in [1.82, 2.24) is 5.32 Å². The van der Waals surface area contributed by atoms with E-state index in [0.717, 1.165) is 12.8 Å². The number of halogens is 2. The molecule has 1 aromatic carbocycles. The van der Waals surface area contributed by atoms with Crippen LogP contribution in [0.1, 0.15) is 23.2 Å². The molecule has 1 aromatic rings. The van der Waals surface area contributed by atoms with E-state index in [4.69, 9.17) is 10.5 Å². The Morgan fingerprint density at radius 2 is 2.30 bits per heavy atom. The Kier molecular flexibility index (Phi) is 3.79. The van der Waals surface area contributed by atoms with E-state index < -0.39 is 11.7 Å². The van der Waals surface area contributed by atoms with E-state index in [-0.39, 0.29) is 28.2 Å². The Bertz CT molecular complexity index is 540. The molecule has 1 aliphatic heterocycles. The molecule has 2 aliphatic rings. The SMILES string of the molecule is NC1C2CCCOC2C1NC(=O)c1cccc(Br)c1F. The smallest absolute Gasteiger partial charge is 0.254 e. The summed E-state index contributed by atoms with van der Waals surface area (Å²) in [5.74, 6) is -0.697. The summed E-state index contributed by atoms with van der Waals surface area (Å²) >= 11 is 3.07. The van der Waals surface area contributed by atoms with E-state index in [1.807, 2.05) is 0 Å². The largest absolute Gasteiger partial charge is 0.376 e. The van der Waals surface area contributed by atoms with Gasteiger partial charge in [-0.05, 0) is 40.9 Å². The minimum Gasteiger partial charge on any atom is -0.376 e. The van der Waals surface area contributed by atoms with Gasteiger partial charge >= 0.3 is 0 Å². The molecule has 0 spiro atoms. The summed E-state index contributed by atoms with van der Waals surface area (Å²) < 4.78 is 19.8. The van der Waals surface area contributed by atoms with Crippen molar-refractivity contribution < 1.29 is 13.9 Å². The maximum Gasteiger partial charge on any atom is 0.254 e. The van der Waals surface area contributed by atoms with E-state index >= 15 is 0 Å². The summed E-state index contributed by atoms with van der Waals surface area (Å²) in [7, 11) is 0. The molecule has 20 heavy (non-hydrogen) atoms. The predicted octanol–water partition coefficient (Wildman–Crippen LogP) is 1.82. The zero-order valence-corrected chi connectivity index (χ0v) is 12.4. The first-order valence-corrected chi connectivity index (χ1v) is 7.51. The van der Waals surface area contributed by atoms with Gasteiger partial charge in [0.25, 0.3) is 5.91 Å². The first-order chi connectivity index (χ1) is 9.59. The van der Waals surface area contributed by atoms with E-state index in [1.165, 1.54) is 6.07 Å². The highest BCUT2D eigenvalue weighted by atomic mass is 79.9. The zero-order valence-electron chi connectivity index (χ0n) is 10.8.